The van der Waals surface area contributed by atoms with Crippen LogP contribution >= 0.6 is 11.6 Å². The van der Waals surface area contributed by atoms with Crippen LogP contribution < -0.4 is 10.1 Å². The summed E-state index contributed by atoms with van der Waals surface area (Å²) in [4.78, 5) is 25.4. The van der Waals surface area contributed by atoms with Gasteiger partial charge in [-0.1, -0.05) is 11.6 Å². The number of aliphatic hydroxyl groups excluding tert-OH is 1. The first-order chi connectivity index (χ1) is 18.5. The van der Waals surface area contributed by atoms with Gasteiger partial charge in [-0.15, -0.1) is 0 Å². The SMILES string of the molecule is Cc1cc(Oc2ccc(C(=O)c3c[nH]c4ncnc(N[C@@H]5CC[C@@H](CO)OC5)c34)c(Cl)c2)c2occc2c1. The summed E-state index contributed by atoms with van der Waals surface area (Å²) >= 11 is 6.59. The molecule has 1 aliphatic heterocycles. The van der Waals surface area contributed by atoms with E-state index in [0.717, 1.165) is 23.8 Å². The Labute approximate surface area is 222 Å². The number of fused-ring (bicyclic) bond motifs is 2. The van der Waals surface area contributed by atoms with Crippen molar-refractivity contribution in [3.63, 3.8) is 0 Å². The second-order valence-electron chi connectivity index (χ2n) is 9.38. The fourth-order valence-electron chi connectivity index (χ4n) is 4.79. The lowest BCUT2D eigenvalue weighted by atomic mass is 10.0. The molecule has 0 unspecified atom stereocenters. The number of nitrogens with zero attached hydrogens (tertiary/aromatic N) is 2. The van der Waals surface area contributed by atoms with Crippen LogP contribution in [0.15, 0.2) is 59.6 Å². The zero-order valence-electron chi connectivity index (χ0n) is 20.5. The second kappa shape index (κ2) is 10.1. The minimum Gasteiger partial charge on any atom is -0.460 e. The largest absolute Gasteiger partial charge is 0.460 e. The first kappa shape index (κ1) is 24.4. The Bertz CT molecular complexity index is 1640. The predicted octanol–water partition coefficient (Wildman–Crippen LogP) is 5.64. The van der Waals surface area contributed by atoms with Crippen LogP contribution in [0.25, 0.3) is 22.0 Å². The van der Waals surface area contributed by atoms with E-state index in [9.17, 15) is 9.90 Å². The number of aromatic nitrogens is 3. The molecule has 0 amide bonds. The number of rotatable bonds is 7. The van der Waals surface area contributed by atoms with Crippen LogP contribution in [-0.4, -0.2) is 51.2 Å². The van der Waals surface area contributed by atoms with Crippen molar-refractivity contribution >= 4 is 45.2 Å². The predicted molar refractivity (Wildman–Crippen MR) is 143 cm³/mol. The molecule has 0 radical (unpaired) electrons. The quantitative estimate of drug-likeness (QED) is 0.230. The highest BCUT2D eigenvalue weighted by atomic mass is 35.5. The van der Waals surface area contributed by atoms with Crippen LogP contribution in [0, 0.1) is 6.92 Å². The maximum Gasteiger partial charge on any atom is 0.196 e. The van der Waals surface area contributed by atoms with E-state index in [4.69, 9.17) is 25.5 Å². The smallest absolute Gasteiger partial charge is 0.196 e. The summed E-state index contributed by atoms with van der Waals surface area (Å²) in [6.45, 7) is 2.42. The fourth-order valence-corrected chi connectivity index (χ4v) is 5.05. The molecule has 1 aliphatic rings. The summed E-state index contributed by atoms with van der Waals surface area (Å²) in [5.74, 6) is 1.32. The number of ether oxygens (including phenoxy) is 2. The van der Waals surface area contributed by atoms with Crippen molar-refractivity contribution in [2.24, 2.45) is 0 Å². The monoisotopic (exact) mass is 532 g/mol. The Morgan fingerprint density at radius 1 is 1.21 bits per heavy atom. The molecule has 6 rings (SSSR count). The van der Waals surface area contributed by atoms with Crippen LogP contribution in [0.1, 0.15) is 34.3 Å². The van der Waals surface area contributed by atoms with Gasteiger partial charge in [-0.05, 0) is 55.7 Å². The number of carbonyl (C=O) groups excluding carboxylic acids is 1. The number of nitrogens with one attached hydrogen (secondary N) is 2. The van der Waals surface area contributed by atoms with Gasteiger partial charge >= 0.3 is 0 Å². The molecule has 3 N–H and O–H groups in total. The molecule has 2 atom stereocenters. The van der Waals surface area contributed by atoms with E-state index in [1.807, 2.05) is 25.1 Å². The van der Waals surface area contributed by atoms with Crippen molar-refractivity contribution in [2.75, 3.05) is 18.5 Å². The lowest BCUT2D eigenvalue weighted by Gasteiger charge is -2.29. The molecule has 4 heterocycles. The van der Waals surface area contributed by atoms with Crippen molar-refractivity contribution in [1.82, 2.24) is 15.0 Å². The van der Waals surface area contributed by atoms with Gasteiger partial charge in [-0.3, -0.25) is 4.79 Å². The van der Waals surface area contributed by atoms with E-state index >= 15 is 0 Å². The van der Waals surface area contributed by atoms with E-state index in [1.54, 1.807) is 30.7 Å². The number of aromatic amines is 1. The molecule has 0 bridgehead atoms. The number of furan rings is 1. The van der Waals surface area contributed by atoms with Crippen molar-refractivity contribution in [1.29, 1.82) is 0 Å². The molecule has 194 valence electrons. The first-order valence-electron chi connectivity index (χ1n) is 12.3. The van der Waals surface area contributed by atoms with Gasteiger partial charge in [0.2, 0.25) is 0 Å². The highest BCUT2D eigenvalue weighted by Gasteiger charge is 2.25. The highest BCUT2D eigenvalue weighted by Crippen LogP contribution is 2.35. The van der Waals surface area contributed by atoms with Crippen LogP contribution in [0.3, 0.4) is 0 Å². The Balaban J connectivity index is 1.27. The maximum absolute atomic E-state index is 13.6. The zero-order chi connectivity index (χ0) is 26.2. The number of hydrogen-bond acceptors (Lipinski definition) is 8. The van der Waals surface area contributed by atoms with Crippen LogP contribution in [-0.2, 0) is 4.74 Å². The number of hydrogen-bond donors (Lipinski definition) is 3. The molecule has 5 aromatic rings. The van der Waals surface area contributed by atoms with E-state index in [0.29, 0.717) is 51.7 Å². The standard InChI is InChI=1S/C28H25ClN4O5/c1-15-8-16-6-7-36-26(16)23(9-15)38-18-4-5-20(22(29)10-18)25(35)21-11-30-27-24(21)28(32-14-31-27)33-17-2-3-19(12-34)37-13-17/h4-11,14,17,19,34H,2-3,12-13H2,1H3,(H2,30,31,32,33)/t17-,19+/m1/s1. The van der Waals surface area contributed by atoms with Crippen molar-refractivity contribution in [3.8, 4) is 11.5 Å². The van der Waals surface area contributed by atoms with E-state index < -0.39 is 0 Å². The number of benzene rings is 2. The van der Waals surface area contributed by atoms with Crippen molar-refractivity contribution < 1.29 is 23.8 Å². The van der Waals surface area contributed by atoms with Gasteiger partial charge in [-0.25, -0.2) is 9.97 Å². The summed E-state index contributed by atoms with van der Waals surface area (Å²) in [5, 5.41) is 14.5. The molecule has 1 fully saturated rings. The Morgan fingerprint density at radius 3 is 2.89 bits per heavy atom. The molecule has 2 aromatic carbocycles. The van der Waals surface area contributed by atoms with Crippen molar-refractivity contribution in [2.45, 2.75) is 31.9 Å². The summed E-state index contributed by atoms with van der Waals surface area (Å²) < 4.78 is 17.3. The van der Waals surface area contributed by atoms with Gasteiger partial charge in [-0.2, -0.15) is 0 Å². The topological polar surface area (TPSA) is 123 Å². The third kappa shape index (κ3) is 4.60. The summed E-state index contributed by atoms with van der Waals surface area (Å²) in [7, 11) is 0. The third-order valence-electron chi connectivity index (χ3n) is 6.70. The van der Waals surface area contributed by atoms with Crippen molar-refractivity contribution in [3.05, 3.63) is 76.9 Å². The average molecular weight is 533 g/mol. The highest BCUT2D eigenvalue weighted by molar-refractivity contribution is 6.35. The van der Waals surface area contributed by atoms with Gasteiger partial charge in [0.1, 0.15) is 23.5 Å². The average Bonchev–Trinajstić information content (AvgIpc) is 3.57. The molecule has 0 aliphatic carbocycles. The molecule has 3 aromatic heterocycles. The summed E-state index contributed by atoms with van der Waals surface area (Å²) in [5.41, 5.74) is 2.94. The molecule has 9 nitrogen and oxygen atoms in total. The number of H-pyrrole nitrogens is 1. The van der Waals surface area contributed by atoms with Gasteiger partial charge in [0.15, 0.2) is 17.1 Å². The molecular weight excluding hydrogens is 508 g/mol. The maximum atomic E-state index is 13.6. The minimum atomic E-state index is -0.269. The summed E-state index contributed by atoms with van der Waals surface area (Å²) in [6, 6.07) is 10.8. The molecule has 0 spiro atoms. The Morgan fingerprint density at radius 2 is 2.11 bits per heavy atom. The first-order valence-corrected chi connectivity index (χ1v) is 12.7. The molecular formula is C28H25ClN4O5. The van der Waals surface area contributed by atoms with E-state index in [-0.39, 0.29) is 29.6 Å². The van der Waals surface area contributed by atoms with E-state index in [1.165, 1.54) is 6.33 Å². The zero-order valence-corrected chi connectivity index (χ0v) is 21.3. The normalized spacial score (nSPS) is 17.7. The molecule has 10 heteroatoms. The number of anilines is 1. The van der Waals surface area contributed by atoms with Gasteiger partial charge < -0.3 is 29.3 Å². The van der Waals surface area contributed by atoms with E-state index in [2.05, 4.69) is 20.3 Å². The summed E-state index contributed by atoms with van der Waals surface area (Å²) in [6.07, 6.45) is 6.08. The molecule has 38 heavy (non-hydrogen) atoms. The van der Waals surface area contributed by atoms with Gasteiger partial charge in [0.25, 0.3) is 0 Å². The van der Waals surface area contributed by atoms with Gasteiger partial charge in [0.05, 0.1) is 47.6 Å². The Hall–Kier alpha value is -3.92. The van der Waals surface area contributed by atoms with Crippen LogP contribution in [0.2, 0.25) is 5.02 Å². The second-order valence-corrected chi connectivity index (χ2v) is 9.79. The number of halogens is 1. The van der Waals surface area contributed by atoms with Crippen LogP contribution in [0.5, 0.6) is 11.5 Å². The lowest BCUT2D eigenvalue weighted by molar-refractivity contribution is -0.0224. The third-order valence-corrected chi connectivity index (χ3v) is 7.02. The fraction of sp³-hybridized carbons (Fsp3) is 0.250. The van der Waals surface area contributed by atoms with Crippen LogP contribution in [0.4, 0.5) is 5.82 Å². The number of carbonyl (C=O) groups is 1. The Kier molecular flexibility index (Phi) is 6.49. The number of ketones is 1. The number of aliphatic hydroxyl groups is 1. The lowest BCUT2D eigenvalue weighted by Crippen LogP contribution is -2.36. The number of aryl methyl sites for hydroxylation is 1. The van der Waals surface area contributed by atoms with Gasteiger partial charge in [0, 0.05) is 23.2 Å². The minimum absolute atomic E-state index is 0.00367. The molecule has 1 saturated heterocycles. The molecule has 0 saturated carbocycles.